The molecule has 1 aliphatic carbocycles. The maximum absolute atomic E-state index is 12.0. The summed E-state index contributed by atoms with van der Waals surface area (Å²) in [5, 5.41) is 0.306. The highest BCUT2D eigenvalue weighted by Crippen LogP contribution is 2.27. The summed E-state index contributed by atoms with van der Waals surface area (Å²) in [6.45, 7) is 2.17. The molecule has 5 nitrogen and oxygen atoms in total. The third-order valence-corrected chi connectivity index (χ3v) is 4.98. The van der Waals surface area contributed by atoms with Gasteiger partial charge in [-0.15, -0.1) is 11.6 Å². The Morgan fingerprint density at radius 2 is 2.33 bits per heavy atom. The van der Waals surface area contributed by atoms with E-state index in [2.05, 4.69) is 14.7 Å². The molecule has 0 aliphatic heterocycles. The molecule has 18 heavy (non-hydrogen) atoms. The van der Waals surface area contributed by atoms with Crippen molar-refractivity contribution in [1.29, 1.82) is 0 Å². The molecule has 1 aromatic rings. The smallest absolute Gasteiger partial charge is 0.257 e. The number of imidazole rings is 1. The minimum Gasteiger partial charge on any atom is -0.332 e. The van der Waals surface area contributed by atoms with Gasteiger partial charge in [0.25, 0.3) is 10.0 Å². The van der Waals surface area contributed by atoms with Crippen LogP contribution in [0.4, 0.5) is 0 Å². The quantitative estimate of drug-likeness (QED) is 0.831. The van der Waals surface area contributed by atoms with Crippen molar-refractivity contribution in [3.63, 3.8) is 0 Å². The lowest BCUT2D eigenvalue weighted by Crippen LogP contribution is -2.32. The van der Waals surface area contributed by atoms with Gasteiger partial charge >= 0.3 is 0 Å². The summed E-state index contributed by atoms with van der Waals surface area (Å²) < 4.78 is 26.5. The van der Waals surface area contributed by atoms with E-state index in [1.807, 2.05) is 0 Å². The Hall–Kier alpha value is -0.590. The number of nitrogens with zero attached hydrogens (tertiary/aromatic N) is 1. The molecule has 0 radical (unpaired) electrons. The zero-order chi connectivity index (χ0) is 13.2. The summed E-state index contributed by atoms with van der Waals surface area (Å²) in [7, 11) is -3.47. The second kappa shape index (κ2) is 5.59. The van der Waals surface area contributed by atoms with Gasteiger partial charge in [-0.05, 0) is 32.1 Å². The third-order valence-electron chi connectivity index (χ3n) is 3.25. The number of aromatic amines is 1. The zero-order valence-corrected chi connectivity index (χ0v) is 11.9. The van der Waals surface area contributed by atoms with E-state index in [-0.39, 0.29) is 10.4 Å². The fourth-order valence-corrected chi connectivity index (χ4v) is 3.74. The second-order valence-electron chi connectivity index (χ2n) is 4.81. The van der Waals surface area contributed by atoms with Crippen LogP contribution in [0.3, 0.4) is 0 Å². The van der Waals surface area contributed by atoms with Crippen molar-refractivity contribution in [3.8, 4) is 0 Å². The molecule has 2 atom stereocenters. The Morgan fingerprint density at radius 1 is 1.56 bits per heavy atom. The highest BCUT2D eigenvalue weighted by atomic mass is 35.5. The topological polar surface area (TPSA) is 74.8 Å². The maximum atomic E-state index is 12.0. The van der Waals surface area contributed by atoms with Crippen molar-refractivity contribution in [2.24, 2.45) is 5.92 Å². The summed E-state index contributed by atoms with van der Waals surface area (Å²) in [6.07, 6.45) is 5.36. The molecule has 1 saturated carbocycles. The van der Waals surface area contributed by atoms with Crippen LogP contribution in [0.25, 0.3) is 0 Å². The largest absolute Gasteiger partial charge is 0.332 e. The van der Waals surface area contributed by atoms with Crippen molar-refractivity contribution in [2.75, 3.05) is 6.54 Å². The third kappa shape index (κ3) is 3.46. The molecule has 7 heteroatoms. The van der Waals surface area contributed by atoms with Crippen molar-refractivity contribution in [1.82, 2.24) is 14.7 Å². The molecule has 0 saturated heterocycles. The van der Waals surface area contributed by atoms with E-state index >= 15 is 0 Å². The first-order chi connectivity index (χ1) is 8.47. The van der Waals surface area contributed by atoms with Crippen LogP contribution < -0.4 is 4.72 Å². The Bertz CT molecular complexity index is 500. The number of alkyl halides is 1. The van der Waals surface area contributed by atoms with E-state index in [9.17, 15) is 8.42 Å². The second-order valence-corrected chi connectivity index (χ2v) is 7.17. The summed E-state index contributed by atoms with van der Waals surface area (Å²) in [5.41, 5.74) is 0. The van der Waals surface area contributed by atoms with Gasteiger partial charge in [-0.1, -0.05) is 6.42 Å². The van der Waals surface area contributed by atoms with Crippen LogP contribution in [0.2, 0.25) is 0 Å². The predicted octanol–water partition coefficient (Wildman–Crippen LogP) is 1.79. The van der Waals surface area contributed by atoms with Crippen LogP contribution in [0.5, 0.6) is 0 Å². The standard InChI is InChI=1S/C11H18ClN3O2S/c1-8-13-7-11(15-8)18(16,17)14-6-9-3-2-4-10(12)5-9/h7,9-10,14H,2-6H2,1H3,(H,13,15). The maximum Gasteiger partial charge on any atom is 0.257 e. The van der Waals surface area contributed by atoms with Crippen LogP contribution in [0, 0.1) is 12.8 Å². The average molecular weight is 292 g/mol. The highest BCUT2D eigenvalue weighted by molar-refractivity contribution is 7.89. The molecule has 1 fully saturated rings. The number of H-pyrrole nitrogens is 1. The first kappa shape index (κ1) is 13.8. The van der Waals surface area contributed by atoms with Crippen LogP contribution >= 0.6 is 11.6 Å². The normalized spacial score (nSPS) is 25.2. The number of rotatable bonds is 4. The van der Waals surface area contributed by atoms with Gasteiger partial charge in [-0.3, -0.25) is 0 Å². The first-order valence-electron chi connectivity index (χ1n) is 6.13. The number of hydrogen-bond donors (Lipinski definition) is 2. The van der Waals surface area contributed by atoms with Gasteiger partial charge in [-0.25, -0.2) is 18.1 Å². The lowest BCUT2D eigenvalue weighted by molar-refractivity contribution is 0.361. The molecule has 2 unspecified atom stereocenters. The van der Waals surface area contributed by atoms with Crippen molar-refractivity contribution in [3.05, 3.63) is 12.0 Å². The summed E-state index contributed by atoms with van der Waals surface area (Å²) in [6, 6.07) is 0. The Labute approximate surface area is 112 Å². The minimum absolute atomic E-state index is 0.123. The molecule has 2 rings (SSSR count). The molecule has 0 bridgehead atoms. The predicted molar refractivity (Wildman–Crippen MR) is 70.1 cm³/mol. The highest BCUT2D eigenvalue weighted by Gasteiger charge is 2.23. The first-order valence-corrected chi connectivity index (χ1v) is 8.04. The van der Waals surface area contributed by atoms with Crippen molar-refractivity contribution >= 4 is 21.6 Å². The summed E-state index contributed by atoms with van der Waals surface area (Å²) in [4.78, 5) is 6.62. The molecular weight excluding hydrogens is 274 g/mol. The van der Waals surface area contributed by atoms with E-state index in [0.29, 0.717) is 18.3 Å². The number of halogens is 1. The van der Waals surface area contributed by atoms with Gasteiger partial charge in [0.2, 0.25) is 0 Å². The van der Waals surface area contributed by atoms with Crippen LogP contribution in [0.15, 0.2) is 11.2 Å². The van der Waals surface area contributed by atoms with Crippen LogP contribution in [-0.2, 0) is 10.0 Å². The molecule has 1 aromatic heterocycles. The lowest BCUT2D eigenvalue weighted by Gasteiger charge is -2.25. The number of nitrogens with one attached hydrogen (secondary N) is 2. The number of sulfonamides is 1. The van der Waals surface area contributed by atoms with Crippen molar-refractivity contribution in [2.45, 2.75) is 43.0 Å². The molecule has 0 amide bonds. The molecule has 2 N–H and O–H groups in total. The van der Waals surface area contributed by atoms with E-state index < -0.39 is 10.0 Å². The van der Waals surface area contributed by atoms with E-state index in [1.54, 1.807) is 6.92 Å². The van der Waals surface area contributed by atoms with Crippen LogP contribution in [0.1, 0.15) is 31.5 Å². The van der Waals surface area contributed by atoms with E-state index in [4.69, 9.17) is 11.6 Å². The number of aryl methyl sites for hydroxylation is 1. The van der Waals surface area contributed by atoms with Gasteiger partial charge in [0.05, 0.1) is 6.20 Å². The molecular formula is C11H18ClN3O2S. The van der Waals surface area contributed by atoms with Gasteiger partial charge < -0.3 is 4.98 Å². The number of hydrogen-bond acceptors (Lipinski definition) is 3. The minimum atomic E-state index is -3.47. The van der Waals surface area contributed by atoms with Gasteiger partial charge in [0, 0.05) is 11.9 Å². The lowest BCUT2D eigenvalue weighted by atomic mass is 9.89. The van der Waals surface area contributed by atoms with Crippen molar-refractivity contribution < 1.29 is 8.42 Å². The average Bonchev–Trinajstić information content (AvgIpc) is 2.74. The van der Waals surface area contributed by atoms with E-state index in [0.717, 1.165) is 25.7 Å². The Kier molecular flexibility index (Phi) is 4.29. The van der Waals surface area contributed by atoms with E-state index in [1.165, 1.54) is 6.20 Å². The molecule has 1 aliphatic rings. The fraction of sp³-hybridized carbons (Fsp3) is 0.727. The summed E-state index contributed by atoms with van der Waals surface area (Å²) >= 11 is 6.09. The van der Waals surface area contributed by atoms with Gasteiger partial charge in [0.15, 0.2) is 5.03 Å². The van der Waals surface area contributed by atoms with Gasteiger partial charge in [-0.2, -0.15) is 0 Å². The molecule has 1 heterocycles. The zero-order valence-electron chi connectivity index (χ0n) is 10.3. The molecule has 102 valence electrons. The van der Waals surface area contributed by atoms with Gasteiger partial charge in [0.1, 0.15) is 5.82 Å². The monoisotopic (exact) mass is 291 g/mol. The summed E-state index contributed by atoms with van der Waals surface area (Å²) in [5.74, 6) is 0.925. The fourth-order valence-electron chi connectivity index (χ4n) is 2.25. The number of aromatic nitrogens is 2. The Morgan fingerprint density at radius 3 is 2.94 bits per heavy atom. The molecule has 0 spiro atoms. The molecule has 0 aromatic carbocycles. The van der Waals surface area contributed by atoms with Crippen LogP contribution in [-0.4, -0.2) is 30.3 Å². The SMILES string of the molecule is Cc1ncc(S(=O)(=O)NCC2CCCC(Cl)C2)[nH]1. The Balaban J connectivity index is 1.93.